The zero-order valence-corrected chi connectivity index (χ0v) is 11.6. The van der Waals surface area contributed by atoms with E-state index in [0.717, 1.165) is 5.70 Å². The molecule has 0 aromatic rings. The first kappa shape index (κ1) is 14.9. The summed E-state index contributed by atoms with van der Waals surface area (Å²) in [5.41, 5.74) is 2.19. The average molecular weight is 223 g/mol. The second-order valence-corrected chi connectivity index (χ2v) is 5.43. The molecule has 0 unspecified atom stereocenters. The molecule has 0 saturated heterocycles. The molecule has 2 nitrogen and oxygen atoms in total. The first-order valence-electron chi connectivity index (χ1n) is 5.85. The van der Waals surface area contributed by atoms with Gasteiger partial charge in [-0.2, -0.15) is 0 Å². The molecule has 0 atom stereocenters. The Morgan fingerprint density at radius 1 is 1.25 bits per heavy atom. The number of hydrogen-bond donors (Lipinski definition) is 1. The van der Waals surface area contributed by atoms with Crippen molar-refractivity contribution in [3.05, 3.63) is 23.4 Å². The number of rotatable bonds is 3. The van der Waals surface area contributed by atoms with Gasteiger partial charge in [0.1, 0.15) is 0 Å². The van der Waals surface area contributed by atoms with Gasteiger partial charge in [-0.3, -0.25) is 4.79 Å². The summed E-state index contributed by atoms with van der Waals surface area (Å²) in [7, 11) is 0. The lowest BCUT2D eigenvalue weighted by Gasteiger charge is -2.23. The standard InChI is InChI=1S/C14H25NO/c1-8-9-12(11(4)14(5,6)7)15-13(16)10(2)3/h8-10H,1-7H3,(H,15,16). The second-order valence-electron chi connectivity index (χ2n) is 5.43. The number of carbonyl (C=O) groups excluding carboxylic acids is 1. The molecule has 92 valence electrons. The van der Waals surface area contributed by atoms with Crippen LogP contribution in [0.15, 0.2) is 23.4 Å². The topological polar surface area (TPSA) is 29.1 Å². The highest BCUT2D eigenvalue weighted by Crippen LogP contribution is 2.27. The molecule has 1 N–H and O–H groups in total. The Morgan fingerprint density at radius 3 is 2.06 bits per heavy atom. The minimum atomic E-state index is 0.00743. The van der Waals surface area contributed by atoms with Gasteiger partial charge < -0.3 is 5.32 Å². The summed E-state index contributed by atoms with van der Waals surface area (Å²) >= 11 is 0. The molecule has 2 heteroatoms. The third-order valence-electron chi connectivity index (χ3n) is 2.64. The molecule has 0 saturated carbocycles. The highest BCUT2D eigenvalue weighted by molar-refractivity contribution is 5.80. The van der Waals surface area contributed by atoms with Crippen molar-refractivity contribution >= 4 is 5.91 Å². The van der Waals surface area contributed by atoms with Crippen molar-refractivity contribution in [2.24, 2.45) is 11.3 Å². The zero-order chi connectivity index (χ0) is 12.9. The molecule has 0 spiro atoms. The molecule has 0 fully saturated rings. The first-order valence-corrected chi connectivity index (χ1v) is 5.85. The van der Waals surface area contributed by atoms with Crippen LogP contribution in [0.3, 0.4) is 0 Å². The normalized spacial score (nSPS) is 14.2. The van der Waals surface area contributed by atoms with Crippen LogP contribution in [0.4, 0.5) is 0 Å². The molecule has 0 radical (unpaired) electrons. The fraction of sp³-hybridized carbons (Fsp3) is 0.643. The van der Waals surface area contributed by atoms with Gasteiger partial charge in [-0.15, -0.1) is 0 Å². The Bertz CT molecular complexity index is 303. The van der Waals surface area contributed by atoms with E-state index in [2.05, 4.69) is 33.0 Å². The van der Waals surface area contributed by atoms with Gasteiger partial charge in [0.2, 0.25) is 5.91 Å². The maximum absolute atomic E-state index is 11.7. The van der Waals surface area contributed by atoms with Gasteiger partial charge >= 0.3 is 0 Å². The fourth-order valence-electron chi connectivity index (χ4n) is 1.11. The quantitative estimate of drug-likeness (QED) is 0.727. The summed E-state index contributed by atoms with van der Waals surface area (Å²) in [6.45, 7) is 14.3. The van der Waals surface area contributed by atoms with Crippen molar-refractivity contribution in [3.63, 3.8) is 0 Å². The Balaban J connectivity index is 5.10. The number of amides is 1. The van der Waals surface area contributed by atoms with Crippen LogP contribution < -0.4 is 5.32 Å². The molecular formula is C14H25NO. The Labute approximate surface area is 99.8 Å². The van der Waals surface area contributed by atoms with E-state index in [4.69, 9.17) is 0 Å². The predicted octanol–water partition coefficient (Wildman–Crippen LogP) is 3.65. The maximum Gasteiger partial charge on any atom is 0.226 e. The largest absolute Gasteiger partial charge is 0.326 e. The van der Waals surface area contributed by atoms with Crippen molar-refractivity contribution in [3.8, 4) is 0 Å². The van der Waals surface area contributed by atoms with Crippen molar-refractivity contribution < 1.29 is 4.79 Å². The molecular weight excluding hydrogens is 198 g/mol. The molecule has 0 bridgehead atoms. The SMILES string of the molecule is CC=CC(NC(=O)C(C)C)=C(C)C(C)(C)C. The minimum absolute atomic E-state index is 0.00743. The molecule has 16 heavy (non-hydrogen) atoms. The van der Waals surface area contributed by atoms with Gasteiger partial charge in [0, 0.05) is 11.6 Å². The Hall–Kier alpha value is -1.05. The number of nitrogens with one attached hydrogen (secondary N) is 1. The van der Waals surface area contributed by atoms with Gasteiger partial charge in [-0.25, -0.2) is 0 Å². The van der Waals surface area contributed by atoms with E-state index in [0.29, 0.717) is 0 Å². The Morgan fingerprint density at radius 2 is 1.75 bits per heavy atom. The number of hydrogen-bond acceptors (Lipinski definition) is 1. The van der Waals surface area contributed by atoms with Crippen LogP contribution in [0, 0.1) is 11.3 Å². The highest BCUT2D eigenvalue weighted by atomic mass is 16.1. The maximum atomic E-state index is 11.7. The lowest BCUT2D eigenvalue weighted by molar-refractivity contribution is -0.123. The monoisotopic (exact) mass is 223 g/mol. The molecule has 0 aliphatic rings. The summed E-state index contributed by atoms with van der Waals surface area (Å²) in [4.78, 5) is 11.7. The third kappa shape index (κ3) is 4.65. The summed E-state index contributed by atoms with van der Waals surface area (Å²) in [6, 6.07) is 0. The molecule has 0 aromatic carbocycles. The van der Waals surface area contributed by atoms with E-state index >= 15 is 0 Å². The highest BCUT2D eigenvalue weighted by Gasteiger charge is 2.17. The van der Waals surface area contributed by atoms with Crippen LogP contribution in [0.5, 0.6) is 0 Å². The molecule has 0 aromatic heterocycles. The van der Waals surface area contributed by atoms with Crippen molar-refractivity contribution in [2.45, 2.75) is 48.5 Å². The van der Waals surface area contributed by atoms with Crippen LogP contribution in [-0.2, 0) is 4.79 Å². The summed E-state index contributed by atoms with van der Waals surface area (Å²) in [5.74, 6) is 0.0738. The van der Waals surface area contributed by atoms with Gasteiger partial charge in [-0.1, -0.05) is 40.7 Å². The van der Waals surface area contributed by atoms with Crippen LogP contribution in [-0.4, -0.2) is 5.91 Å². The summed E-state index contributed by atoms with van der Waals surface area (Å²) < 4.78 is 0. The lowest BCUT2D eigenvalue weighted by atomic mass is 9.86. The predicted molar refractivity (Wildman–Crippen MR) is 69.9 cm³/mol. The van der Waals surface area contributed by atoms with E-state index in [1.54, 1.807) is 0 Å². The van der Waals surface area contributed by atoms with E-state index < -0.39 is 0 Å². The second kappa shape index (κ2) is 5.88. The van der Waals surface area contributed by atoms with E-state index in [-0.39, 0.29) is 17.2 Å². The molecule has 0 heterocycles. The number of allylic oxidation sites excluding steroid dienone is 3. The van der Waals surface area contributed by atoms with Crippen LogP contribution in [0.2, 0.25) is 0 Å². The number of carbonyl (C=O) groups is 1. The van der Waals surface area contributed by atoms with E-state index in [1.165, 1.54) is 5.57 Å². The molecule has 0 aliphatic carbocycles. The molecule has 1 amide bonds. The third-order valence-corrected chi connectivity index (χ3v) is 2.64. The van der Waals surface area contributed by atoms with Gasteiger partial charge in [0.25, 0.3) is 0 Å². The molecule has 0 rings (SSSR count). The van der Waals surface area contributed by atoms with Crippen molar-refractivity contribution in [1.82, 2.24) is 5.32 Å². The molecule has 0 aliphatic heterocycles. The smallest absolute Gasteiger partial charge is 0.226 e. The minimum Gasteiger partial charge on any atom is -0.326 e. The Kier molecular flexibility index (Phi) is 5.49. The van der Waals surface area contributed by atoms with E-state index in [1.807, 2.05) is 32.9 Å². The van der Waals surface area contributed by atoms with Gasteiger partial charge in [0.15, 0.2) is 0 Å². The van der Waals surface area contributed by atoms with Gasteiger partial charge in [0.05, 0.1) is 0 Å². The van der Waals surface area contributed by atoms with E-state index in [9.17, 15) is 4.79 Å². The fourth-order valence-corrected chi connectivity index (χ4v) is 1.11. The van der Waals surface area contributed by atoms with Crippen LogP contribution in [0.25, 0.3) is 0 Å². The zero-order valence-electron chi connectivity index (χ0n) is 11.6. The average Bonchev–Trinajstić information content (AvgIpc) is 2.14. The van der Waals surface area contributed by atoms with Crippen molar-refractivity contribution in [1.29, 1.82) is 0 Å². The van der Waals surface area contributed by atoms with Crippen LogP contribution >= 0.6 is 0 Å². The summed E-state index contributed by atoms with van der Waals surface area (Å²) in [6.07, 6.45) is 3.91. The summed E-state index contributed by atoms with van der Waals surface area (Å²) in [5, 5.41) is 2.98. The van der Waals surface area contributed by atoms with Crippen LogP contribution in [0.1, 0.15) is 48.5 Å². The van der Waals surface area contributed by atoms with Crippen molar-refractivity contribution in [2.75, 3.05) is 0 Å². The first-order chi connectivity index (χ1) is 7.20. The lowest BCUT2D eigenvalue weighted by Crippen LogP contribution is -2.28. The van der Waals surface area contributed by atoms with Gasteiger partial charge in [-0.05, 0) is 30.9 Å².